The minimum Gasteiger partial charge on any atom is -0.337 e. The van der Waals surface area contributed by atoms with Crippen molar-refractivity contribution in [2.45, 2.75) is 13.8 Å². The van der Waals surface area contributed by atoms with E-state index in [9.17, 15) is 0 Å². The smallest absolute Gasteiger partial charge is 0.249 e. The quantitative estimate of drug-likeness (QED) is 0.420. The molecule has 2 N–H and O–H groups in total. The van der Waals surface area contributed by atoms with Crippen molar-refractivity contribution >= 4 is 46.5 Å². The fourth-order valence-corrected chi connectivity index (χ4v) is 2.86. The van der Waals surface area contributed by atoms with Gasteiger partial charge >= 0.3 is 0 Å². The Balaban J connectivity index is 1.86. The van der Waals surface area contributed by atoms with Crippen LogP contribution in [0.3, 0.4) is 0 Å². The maximum atomic E-state index is 8.70. The Labute approximate surface area is 173 Å². The SMILES string of the molecule is [C-]#[N+]c1ccc(Nc2nnc(Cl)c(Nc3c(C)cc(/C=C/C#N)cc3C)n2)cc1. The van der Waals surface area contributed by atoms with Crippen LogP contribution in [0.25, 0.3) is 10.9 Å². The summed E-state index contributed by atoms with van der Waals surface area (Å²) >= 11 is 6.19. The lowest BCUT2D eigenvalue weighted by molar-refractivity contribution is 0.982. The van der Waals surface area contributed by atoms with Crippen LogP contribution in [-0.2, 0) is 0 Å². The van der Waals surface area contributed by atoms with E-state index in [2.05, 4.69) is 30.7 Å². The van der Waals surface area contributed by atoms with Gasteiger partial charge in [0.1, 0.15) is 0 Å². The van der Waals surface area contributed by atoms with Gasteiger partial charge in [0.25, 0.3) is 0 Å². The Morgan fingerprint density at radius 1 is 1.10 bits per heavy atom. The first kappa shape index (κ1) is 19.8. The van der Waals surface area contributed by atoms with Crippen molar-refractivity contribution in [2.75, 3.05) is 10.6 Å². The van der Waals surface area contributed by atoms with Crippen LogP contribution in [0.1, 0.15) is 16.7 Å². The molecule has 0 bridgehead atoms. The largest absolute Gasteiger partial charge is 0.337 e. The number of anilines is 4. The lowest BCUT2D eigenvalue weighted by Crippen LogP contribution is -2.05. The number of aryl methyl sites for hydroxylation is 2. The van der Waals surface area contributed by atoms with E-state index in [1.807, 2.05) is 32.0 Å². The number of halogens is 1. The van der Waals surface area contributed by atoms with Gasteiger partial charge in [-0.1, -0.05) is 23.7 Å². The average molecular weight is 402 g/mol. The second kappa shape index (κ2) is 8.83. The van der Waals surface area contributed by atoms with Crippen LogP contribution in [-0.4, -0.2) is 15.2 Å². The molecule has 0 radical (unpaired) electrons. The molecule has 29 heavy (non-hydrogen) atoms. The molecule has 8 heteroatoms. The molecule has 1 heterocycles. The summed E-state index contributed by atoms with van der Waals surface area (Å²) in [5.41, 5.74) is 5.02. The standard InChI is InChI=1S/C21H16ClN7/c1-13-11-15(5-4-10-23)12-14(2)18(13)26-20-19(22)28-29-21(27-20)25-17-8-6-16(24-3)7-9-17/h4-9,11-12H,1-2H3,(H2,25,26,27,29)/b5-4+. The number of allylic oxidation sites excluding steroid dienone is 1. The summed E-state index contributed by atoms with van der Waals surface area (Å²) in [6.45, 7) is 10.9. The van der Waals surface area contributed by atoms with Crippen LogP contribution < -0.4 is 10.6 Å². The minimum absolute atomic E-state index is 0.145. The maximum absolute atomic E-state index is 8.70. The zero-order valence-electron chi connectivity index (χ0n) is 15.7. The van der Waals surface area contributed by atoms with Crippen LogP contribution in [0.4, 0.5) is 28.8 Å². The first-order valence-corrected chi connectivity index (χ1v) is 8.97. The number of nitriles is 1. The maximum Gasteiger partial charge on any atom is 0.249 e. The van der Waals surface area contributed by atoms with Crippen molar-refractivity contribution in [2.24, 2.45) is 0 Å². The van der Waals surface area contributed by atoms with Gasteiger partial charge < -0.3 is 10.6 Å². The molecule has 0 saturated carbocycles. The van der Waals surface area contributed by atoms with Crippen molar-refractivity contribution in [1.82, 2.24) is 15.2 Å². The third kappa shape index (κ3) is 4.86. The van der Waals surface area contributed by atoms with E-state index in [0.717, 1.165) is 28.1 Å². The van der Waals surface area contributed by atoms with Crippen molar-refractivity contribution in [3.05, 3.63) is 75.7 Å². The molecule has 7 nitrogen and oxygen atoms in total. The van der Waals surface area contributed by atoms with Gasteiger partial charge in [0, 0.05) is 17.5 Å². The Bertz CT molecular complexity index is 1130. The van der Waals surface area contributed by atoms with Gasteiger partial charge in [0.2, 0.25) is 5.95 Å². The summed E-state index contributed by atoms with van der Waals surface area (Å²) < 4.78 is 0. The number of benzene rings is 2. The Kier molecular flexibility index (Phi) is 6.03. The molecule has 0 aliphatic rings. The predicted octanol–water partition coefficient (Wildman–Crippen LogP) is 5.72. The molecular formula is C21H16ClN7. The summed E-state index contributed by atoms with van der Waals surface area (Å²) in [5, 5.41) is 23.0. The molecule has 0 fully saturated rings. The summed E-state index contributed by atoms with van der Waals surface area (Å²) in [4.78, 5) is 7.78. The topological polar surface area (TPSA) is 90.9 Å². The van der Waals surface area contributed by atoms with Gasteiger partial charge in [0.05, 0.1) is 12.6 Å². The average Bonchev–Trinajstić information content (AvgIpc) is 2.72. The summed E-state index contributed by atoms with van der Waals surface area (Å²) in [7, 11) is 0. The zero-order chi connectivity index (χ0) is 20.8. The molecule has 0 aliphatic heterocycles. The second-order valence-electron chi connectivity index (χ2n) is 6.18. The molecule has 0 saturated heterocycles. The van der Waals surface area contributed by atoms with Crippen LogP contribution >= 0.6 is 11.6 Å². The first-order valence-electron chi connectivity index (χ1n) is 8.59. The fourth-order valence-electron chi connectivity index (χ4n) is 2.74. The summed E-state index contributed by atoms with van der Waals surface area (Å²) in [5.74, 6) is 0.643. The van der Waals surface area contributed by atoms with E-state index in [4.69, 9.17) is 23.4 Å². The molecule has 3 aromatic rings. The molecular weight excluding hydrogens is 386 g/mol. The molecule has 0 aliphatic carbocycles. The van der Waals surface area contributed by atoms with Gasteiger partial charge in [0.15, 0.2) is 16.7 Å². The van der Waals surface area contributed by atoms with Crippen LogP contribution in [0.15, 0.2) is 42.5 Å². The van der Waals surface area contributed by atoms with E-state index < -0.39 is 0 Å². The number of aromatic nitrogens is 3. The molecule has 0 unspecified atom stereocenters. The number of rotatable bonds is 5. The van der Waals surface area contributed by atoms with Gasteiger partial charge in [-0.15, -0.1) is 10.2 Å². The van der Waals surface area contributed by atoms with E-state index in [1.54, 1.807) is 30.3 Å². The third-order valence-electron chi connectivity index (χ3n) is 4.05. The number of hydrogen-bond donors (Lipinski definition) is 2. The summed E-state index contributed by atoms with van der Waals surface area (Å²) in [6.07, 6.45) is 3.19. The Morgan fingerprint density at radius 3 is 2.41 bits per heavy atom. The Hall–Kier alpha value is -3.94. The molecule has 1 aromatic heterocycles. The first-order chi connectivity index (χ1) is 14.0. The second-order valence-corrected chi connectivity index (χ2v) is 6.53. The lowest BCUT2D eigenvalue weighted by Gasteiger charge is -2.14. The molecule has 0 amide bonds. The van der Waals surface area contributed by atoms with Crippen molar-refractivity contribution in [3.8, 4) is 6.07 Å². The third-order valence-corrected chi connectivity index (χ3v) is 4.30. The summed E-state index contributed by atoms with van der Waals surface area (Å²) in [6, 6.07) is 12.8. The highest BCUT2D eigenvalue weighted by atomic mass is 35.5. The minimum atomic E-state index is 0.145. The van der Waals surface area contributed by atoms with Crippen LogP contribution in [0.5, 0.6) is 0 Å². The van der Waals surface area contributed by atoms with Gasteiger partial charge in [-0.3, -0.25) is 0 Å². The molecule has 2 aromatic carbocycles. The Morgan fingerprint density at radius 2 is 1.79 bits per heavy atom. The van der Waals surface area contributed by atoms with Crippen LogP contribution in [0, 0.1) is 31.8 Å². The van der Waals surface area contributed by atoms with Crippen molar-refractivity contribution in [3.63, 3.8) is 0 Å². The fraction of sp³-hybridized carbons (Fsp3) is 0.0952. The lowest BCUT2D eigenvalue weighted by atomic mass is 10.0. The predicted molar refractivity (Wildman–Crippen MR) is 115 cm³/mol. The number of nitrogens with one attached hydrogen (secondary N) is 2. The van der Waals surface area contributed by atoms with Crippen molar-refractivity contribution in [1.29, 1.82) is 5.26 Å². The molecule has 3 rings (SSSR count). The van der Waals surface area contributed by atoms with Gasteiger partial charge in [-0.25, -0.2) is 4.85 Å². The van der Waals surface area contributed by atoms with Gasteiger partial charge in [-0.05, 0) is 60.9 Å². The molecule has 0 atom stereocenters. The van der Waals surface area contributed by atoms with Crippen LogP contribution in [0.2, 0.25) is 5.15 Å². The highest BCUT2D eigenvalue weighted by Crippen LogP contribution is 2.29. The number of nitrogens with zero attached hydrogens (tertiary/aromatic N) is 5. The highest BCUT2D eigenvalue weighted by Gasteiger charge is 2.11. The molecule has 142 valence electrons. The highest BCUT2D eigenvalue weighted by molar-refractivity contribution is 6.31. The number of hydrogen-bond acceptors (Lipinski definition) is 6. The van der Waals surface area contributed by atoms with E-state index in [1.165, 1.54) is 6.08 Å². The van der Waals surface area contributed by atoms with Crippen molar-refractivity contribution < 1.29 is 0 Å². The van der Waals surface area contributed by atoms with E-state index in [0.29, 0.717) is 11.5 Å². The van der Waals surface area contributed by atoms with E-state index in [-0.39, 0.29) is 11.1 Å². The zero-order valence-corrected chi connectivity index (χ0v) is 16.5. The normalized spacial score (nSPS) is 10.4. The molecule has 0 spiro atoms. The van der Waals surface area contributed by atoms with E-state index >= 15 is 0 Å². The monoisotopic (exact) mass is 401 g/mol. The van der Waals surface area contributed by atoms with Gasteiger partial charge in [-0.2, -0.15) is 10.2 Å².